The van der Waals surface area contributed by atoms with Crippen LogP contribution >= 0.6 is 23.4 Å². The zero-order valence-electron chi connectivity index (χ0n) is 13.7. The molecule has 6 nitrogen and oxygen atoms in total. The number of hydrogen-bond donors (Lipinski definition) is 2. The predicted octanol–water partition coefficient (Wildman–Crippen LogP) is 3.46. The molecule has 0 fully saturated rings. The van der Waals surface area contributed by atoms with Gasteiger partial charge in [-0.05, 0) is 23.8 Å². The Bertz CT molecular complexity index is 771. The molecule has 0 unspecified atom stereocenters. The van der Waals surface area contributed by atoms with E-state index in [9.17, 15) is 14.4 Å². The van der Waals surface area contributed by atoms with E-state index in [0.717, 1.165) is 5.56 Å². The lowest BCUT2D eigenvalue weighted by Crippen LogP contribution is -2.37. The fourth-order valence-electron chi connectivity index (χ4n) is 1.89. The van der Waals surface area contributed by atoms with Crippen molar-refractivity contribution in [3.63, 3.8) is 0 Å². The van der Waals surface area contributed by atoms with Gasteiger partial charge >= 0.3 is 12.0 Å². The monoisotopic (exact) mass is 392 g/mol. The highest BCUT2D eigenvalue weighted by molar-refractivity contribution is 7.99. The second-order valence-corrected chi connectivity index (χ2v) is 6.51. The second-order valence-electron chi connectivity index (χ2n) is 5.11. The van der Waals surface area contributed by atoms with Crippen molar-refractivity contribution in [3.05, 3.63) is 65.2 Å². The van der Waals surface area contributed by atoms with Gasteiger partial charge in [-0.3, -0.25) is 14.9 Å². The lowest BCUT2D eigenvalue weighted by atomic mass is 10.2. The molecule has 0 saturated carbocycles. The highest BCUT2D eigenvalue weighted by Crippen LogP contribution is 2.20. The largest absolute Gasteiger partial charge is 0.455 e. The molecule has 136 valence electrons. The zero-order chi connectivity index (χ0) is 18.8. The summed E-state index contributed by atoms with van der Waals surface area (Å²) in [6.07, 6.45) is 0. The molecular weight excluding hydrogens is 376 g/mol. The van der Waals surface area contributed by atoms with Crippen molar-refractivity contribution in [1.82, 2.24) is 5.32 Å². The van der Waals surface area contributed by atoms with Gasteiger partial charge in [-0.15, -0.1) is 11.8 Å². The van der Waals surface area contributed by atoms with Crippen LogP contribution in [0, 0.1) is 0 Å². The molecule has 0 radical (unpaired) electrons. The van der Waals surface area contributed by atoms with E-state index in [0.29, 0.717) is 16.5 Å². The van der Waals surface area contributed by atoms with Gasteiger partial charge in [0.25, 0.3) is 5.91 Å². The van der Waals surface area contributed by atoms with Crippen LogP contribution in [0.25, 0.3) is 0 Å². The van der Waals surface area contributed by atoms with E-state index >= 15 is 0 Å². The van der Waals surface area contributed by atoms with Crippen molar-refractivity contribution in [2.24, 2.45) is 0 Å². The molecule has 2 aromatic rings. The molecule has 2 N–H and O–H groups in total. The quantitative estimate of drug-likeness (QED) is 0.705. The molecule has 2 rings (SSSR count). The SMILES string of the molecule is O=C(COC(=O)CSCc1ccccc1Cl)NC(=O)Nc1ccccc1. The number of imide groups is 1. The molecule has 0 heterocycles. The summed E-state index contributed by atoms with van der Waals surface area (Å²) in [5.41, 5.74) is 1.47. The van der Waals surface area contributed by atoms with E-state index < -0.39 is 24.5 Å². The van der Waals surface area contributed by atoms with Crippen molar-refractivity contribution in [2.75, 3.05) is 17.7 Å². The van der Waals surface area contributed by atoms with Crippen LogP contribution < -0.4 is 10.6 Å². The Morgan fingerprint density at radius 3 is 2.42 bits per heavy atom. The summed E-state index contributed by atoms with van der Waals surface area (Å²) in [6, 6.07) is 15.3. The van der Waals surface area contributed by atoms with Crippen LogP contribution in [-0.2, 0) is 20.1 Å². The Hall–Kier alpha value is -2.51. The number of halogens is 1. The van der Waals surface area contributed by atoms with E-state index in [2.05, 4.69) is 10.6 Å². The summed E-state index contributed by atoms with van der Waals surface area (Å²) in [7, 11) is 0. The Balaban J connectivity index is 1.63. The standard InChI is InChI=1S/C18H17ClN2O4S/c19-15-9-5-4-6-13(15)11-26-12-17(23)25-10-16(22)21-18(24)20-14-7-2-1-3-8-14/h1-9H,10-12H2,(H2,20,21,22,24). The number of rotatable bonds is 7. The number of benzene rings is 2. The number of carbonyl (C=O) groups excluding carboxylic acids is 3. The van der Waals surface area contributed by atoms with E-state index in [1.165, 1.54) is 11.8 Å². The Kier molecular flexibility index (Phi) is 7.98. The molecule has 26 heavy (non-hydrogen) atoms. The molecule has 0 aliphatic heterocycles. The number of anilines is 1. The number of amides is 3. The first-order valence-electron chi connectivity index (χ1n) is 7.67. The van der Waals surface area contributed by atoms with E-state index in [-0.39, 0.29) is 5.75 Å². The first kappa shape index (κ1) is 19.8. The minimum atomic E-state index is -0.706. The number of esters is 1. The van der Waals surface area contributed by atoms with Crippen molar-refractivity contribution < 1.29 is 19.1 Å². The van der Waals surface area contributed by atoms with Crippen LogP contribution in [0.5, 0.6) is 0 Å². The van der Waals surface area contributed by atoms with E-state index in [1.807, 2.05) is 18.2 Å². The molecular formula is C18H17ClN2O4S. The molecule has 3 amide bonds. The average Bonchev–Trinajstić information content (AvgIpc) is 2.62. The Morgan fingerprint density at radius 2 is 1.69 bits per heavy atom. The molecule has 2 aromatic carbocycles. The topological polar surface area (TPSA) is 84.5 Å². The molecule has 0 aliphatic rings. The van der Waals surface area contributed by atoms with Gasteiger partial charge in [-0.1, -0.05) is 48.0 Å². The maximum Gasteiger partial charge on any atom is 0.325 e. The number of para-hydroxylation sites is 1. The number of nitrogens with one attached hydrogen (secondary N) is 2. The van der Waals surface area contributed by atoms with Gasteiger partial charge in [0.05, 0.1) is 5.75 Å². The van der Waals surface area contributed by atoms with Crippen molar-refractivity contribution >= 4 is 47.0 Å². The number of thioether (sulfide) groups is 1. The highest BCUT2D eigenvalue weighted by atomic mass is 35.5. The maximum atomic E-state index is 11.6. The van der Waals surface area contributed by atoms with Gasteiger partial charge < -0.3 is 10.1 Å². The second kappa shape index (κ2) is 10.5. The van der Waals surface area contributed by atoms with Gasteiger partial charge in [-0.25, -0.2) is 4.79 Å². The summed E-state index contributed by atoms with van der Waals surface area (Å²) >= 11 is 7.35. The van der Waals surface area contributed by atoms with Crippen molar-refractivity contribution in [2.45, 2.75) is 5.75 Å². The van der Waals surface area contributed by atoms with Crippen LogP contribution in [0.1, 0.15) is 5.56 Å². The summed E-state index contributed by atoms with van der Waals surface area (Å²) in [5.74, 6) is -0.613. The molecule has 0 spiro atoms. The van der Waals surface area contributed by atoms with Crippen molar-refractivity contribution in [3.8, 4) is 0 Å². The van der Waals surface area contributed by atoms with Crippen LogP contribution in [-0.4, -0.2) is 30.3 Å². The molecule has 0 aromatic heterocycles. The first-order valence-corrected chi connectivity index (χ1v) is 9.20. The zero-order valence-corrected chi connectivity index (χ0v) is 15.3. The van der Waals surface area contributed by atoms with E-state index in [1.54, 1.807) is 36.4 Å². The number of ether oxygens (including phenoxy) is 1. The smallest absolute Gasteiger partial charge is 0.325 e. The number of urea groups is 1. The number of hydrogen-bond acceptors (Lipinski definition) is 5. The third-order valence-electron chi connectivity index (χ3n) is 3.08. The Morgan fingerprint density at radius 1 is 1.00 bits per heavy atom. The summed E-state index contributed by atoms with van der Waals surface area (Å²) in [5, 5.41) is 5.21. The van der Waals surface area contributed by atoms with Crippen molar-refractivity contribution in [1.29, 1.82) is 0 Å². The molecule has 0 aliphatic carbocycles. The average molecular weight is 393 g/mol. The summed E-state index contributed by atoms with van der Waals surface area (Å²) in [6.45, 7) is -0.520. The first-order chi connectivity index (χ1) is 12.5. The van der Waals surface area contributed by atoms with Gasteiger partial charge in [0.2, 0.25) is 0 Å². The van der Waals surface area contributed by atoms with Gasteiger partial charge in [-0.2, -0.15) is 0 Å². The highest BCUT2D eigenvalue weighted by Gasteiger charge is 2.11. The fourth-order valence-corrected chi connectivity index (χ4v) is 3.00. The maximum absolute atomic E-state index is 11.6. The lowest BCUT2D eigenvalue weighted by Gasteiger charge is -2.07. The van der Waals surface area contributed by atoms with Crippen LogP contribution in [0.3, 0.4) is 0 Å². The van der Waals surface area contributed by atoms with E-state index in [4.69, 9.17) is 16.3 Å². The number of carbonyl (C=O) groups is 3. The molecule has 0 saturated heterocycles. The molecule has 8 heteroatoms. The normalized spacial score (nSPS) is 10.0. The molecule has 0 bridgehead atoms. The predicted molar refractivity (Wildman–Crippen MR) is 102 cm³/mol. The van der Waals surface area contributed by atoms with Crippen LogP contribution in [0.4, 0.5) is 10.5 Å². The minimum absolute atomic E-state index is 0.0781. The van der Waals surface area contributed by atoms with Crippen LogP contribution in [0.2, 0.25) is 5.02 Å². The van der Waals surface area contributed by atoms with Crippen LogP contribution in [0.15, 0.2) is 54.6 Å². The third kappa shape index (κ3) is 7.16. The van der Waals surface area contributed by atoms with Gasteiger partial charge in [0, 0.05) is 16.5 Å². The summed E-state index contributed by atoms with van der Waals surface area (Å²) < 4.78 is 4.84. The Labute approximate surface area is 160 Å². The minimum Gasteiger partial charge on any atom is -0.455 e. The third-order valence-corrected chi connectivity index (χ3v) is 4.41. The lowest BCUT2D eigenvalue weighted by molar-refractivity contribution is -0.145. The van der Waals surface area contributed by atoms with Gasteiger partial charge in [0.15, 0.2) is 6.61 Å². The van der Waals surface area contributed by atoms with Gasteiger partial charge in [0.1, 0.15) is 0 Å². The fraction of sp³-hybridized carbons (Fsp3) is 0.167. The molecule has 0 atom stereocenters. The summed E-state index contributed by atoms with van der Waals surface area (Å²) in [4.78, 5) is 34.9.